The van der Waals surface area contributed by atoms with Crippen LogP contribution in [0.2, 0.25) is 0 Å². The number of aryl methyl sites for hydroxylation is 1. The number of rotatable bonds is 4. The Labute approximate surface area is 159 Å². The molecule has 2 aliphatic heterocycles. The van der Waals surface area contributed by atoms with Crippen LogP contribution in [0.5, 0.6) is 0 Å². The standard InChI is InChI=1S/C20H27N5O2/c1-15(25-8-7-17-5-3-4-6-18(17)13-25)20(26)24-11-9-23(10-12-24)14-19-21-16(2)27-22-19/h3-6,15H,7-14H2,1-2H3. The Morgan fingerprint density at radius 1 is 1.15 bits per heavy atom. The van der Waals surface area contributed by atoms with E-state index in [2.05, 4.69) is 44.2 Å². The van der Waals surface area contributed by atoms with Crippen molar-refractivity contribution < 1.29 is 9.32 Å². The summed E-state index contributed by atoms with van der Waals surface area (Å²) >= 11 is 0. The molecule has 0 bridgehead atoms. The van der Waals surface area contributed by atoms with Gasteiger partial charge in [0, 0.05) is 46.2 Å². The molecule has 3 heterocycles. The van der Waals surface area contributed by atoms with Gasteiger partial charge >= 0.3 is 0 Å². The van der Waals surface area contributed by atoms with Gasteiger partial charge < -0.3 is 9.42 Å². The van der Waals surface area contributed by atoms with E-state index in [0.29, 0.717) is 18.3 Å². The Kier molecular flexibility index (Phi) is 5.22. The predicted molar refractivity (Wildman–Crippen MR) is 101 cm³/mol. The van der Waals surface area contributed by atoms with Crippen LogP contribution in [0.3, 0.4) is 0 Å². The second kappa shape index (κ2) is 7.78. The second-order valence-corrected chi connectivity index (χ2v) is 7.50. The van der Waals surface area contributed by atoms with Crippen LogP contribution in [0.4, 0.5) is 0 Å². The molecule has 0 aliphatic carbocycles. The molecule has 0 radical (unpaired) electrons. The minimum absolute atomic E-state index is 0.0789. The Morgan fingerprint density at radius 2 is 1.89 bits per heavy atom. The van der Waals surface area contributed by atoms with Crippen molar-refractivity contribution in [2.45, 2.75) is 39.4 Å². The Morgan fingerprint density at radius 3 is 2.59 bits per heavy atom. The van der Waals surface area contributed by atoms with Gasteiger partial charge in [-0.1, -0.05) is 29.4 Å². The predicted octanol–water partition coefficient (Wildman–Crippen LogP) is 1.47. The number of amides is 1. The van der Waals surface area contributed by atoms with Crippen LogP contribution < -0.4 is 0 Å². The van der Waals surface area contributed by atoms with Crippen LogP contribution in [0.1, 0.15) is 29.8 Å². The number of nitrogens with zero attached hydrogens (tertiary/aromatic N) is 5. The first kappa shape index (κ1) is 18.1. The average molecular weight is 369 g/mol. The number of carbonyl (C=O) groups excluding carboxylic acids is 1. The number of benzene rings is 1. The second-order valence-electron chi connectivity index (χ2n) is 7.50. The van der Waals surface area contributed by atoms with E-state index in [1.54, 1.807) is 6.92 Å². The first-order valence-corrected chi connectivity index (χ1v) is 9.71. The summed E-state index contributed by atoms with van der Waals surface area (Å²) in [4.78, 5) is 23.8. The van der Waals surface area contributed by atoms with Crippen molar-refractivity contribution in [1.29, 1.82) is 0 Å². The summed E-state index contributed by atoms with van der Waals surface area (Å²) in [7, 11) is 0. The van der Waals surface area contributed by atoms with Crippen LogP contribution in [-0.4, -0.2) is 69.5 Å². The molecule has 1 saturated heterocycles. The molecule has 1 atom stereocenters. The van der Waals surface area contributed by atoms with Gasteiger partial charge in [0.05, 0.1) is 12.6 Å². The maximum absolute atomic E-state index is 13.0. The van der Waals surface area contributed by atoms with E-state index in [1.165, 1.54) is 11.1 Å². The lowest BCUT2D eigenvalue weighted by Crippen LogP contribution is -2.54. The molecule has 0 spiro atoms. The molecular formula is C20H27N5O2. The van der Waals surface area contributed by atoms with Gasteiger partial charge in [0.1, 0.15) is 0 Å². The van der Waals surface area contributed by atoms with Gasteiger partial charge in [-0.15, -0.1) is 0 Å². The van der Waals surface area contributed by atoms with Crippen molar-refractivity contribution in [1.82, 2.24) is 24.8 Å². The summed E-state index contributed by atoms with van der Waals surface area (Å²) in [5, 5.41) is 3.96. The fourth-order valence-corrected chi connectivity index (χ4v) is 4.00. The lowest BCUT2D eigenvalue weighted by molar-refractivity contribution is -0.138. The first-order chi connectivity index (χ1) is 13.1. The maximum atomic E-state index is 13.0. The fourth-order valence-electron chi connectivity index (χ4n) is 4.00. The largest absolute Gasteiger partial charge is 0.340 e. The number of aromatic nitrogens is 2. The number of hydrogen-bond acceptors (Lipinski definition) is 6. The molecule has 1 aromatic heterocycles. The summed E-state index contributed by atoms with van der Waals surface area (Å²) in [5.41, 5.74) is 2.77. The van der Waals surface area contributed by atoms with Crippen molar-refractivity contribution >= 4 is 5.91 Å². The third-order valence-electron chi connectivity index (χ3n) is 5.68. The van der Waals surface area contributed by atoms with Crippen LogP contribution in [0.25, 0.3) is 0 Å². The van der Waals surface area contributed by atoms with Crippen molar-refractivity contribution in [2.24, 2.45) is 0 Å². The van der Waals surface area contributed by atoms with Gasteiger partial charge in [-0.3, -0.25) is 14.6 Å². The van der Waals surface area contributed by atoms with E-state index in [9.17, 15) is 4.79 Å². The topological polar surface area (TPSA) is 65.7 Å². The molecule has 144 valence electrons. The molecule has 0 N–H and O–H groups in total. The SMILES string of the molecule is Cc1nc(CN2CCN(C(=O)C(C)N3CCc4ccccc4C3)CC2)no1. The van der Waals surface area contributed by atoms with E-state index in [0.717, 1.165) is 45.7 Å². The van der Waals surface area contributed by atoms with Crippen LogP contribution in [0.15, 0.2) is 28.8 Å². The van der Waals surface area contributed by atoms with E-state index in [1.807, 2.05) is 11.8 Å². The zero-order valence-corrected chi connectivity index (χ0v) is 16.1. The van der Waals surface area contributed by atoms with Gasteiger partial charge in [-0.25, -0.2) is 0 Å². The van der Waals surface area contributed by atoms with Crippen LogP contribution >= 0.6 is 0 Å². The molecule has 4 rings (SSSR count). The smallest absolute Gasteiger partial charge is 0.239 e. The first-order valence-electron chi connectivity index (χ1n) is 9.71. The minimum atomic E-state index is -0.0789. The molecule has 7 heteroatoms. The molecule has 1 fully saturated rings. The summed E-state index contributed by atoms with van der Waals surface area (Å²) in [6.45, 7) is 9.52. The summed E-state index contributed by atoms with van der Waals surface area (Å²) in [6, 6.07) is 8.48. The van der Waals surface area contributed by atoms with Gasteiger partial charge in [-0.2, -0.15) is 4.98 Å². The van der Waals surface area contributed by atoms with Gasteiger partial charge in [0.25, 0.3) is 0 Å². The van der Waals surface area contributed by atoms with Gasteiger partial charge in [-0.05, 0) is 24.5 Å². The monoisotopic (exact) mass is 369 g/mol. The van der Waals surface area contributed by atoms with Crippen molar-refractivity contribution in [3.63, 3.8) is 0 Å². The molecule has 2 aliphatic rings. The van der Waals surface area contributed by atoms with Crippen LogP contribution in [-0.2, 0) is 24.3 Å². The van der Waals surface area contributed by atoms with Gasteiger partial charge in [0.2, 0.25) is 11.8 Å². The Balaban J connectivity index is 1.30. The quantitative estimate of drug-likeness (QED) is 0.813. The summed E-state index contributed by atoms with van der Waals surface area (Å²) in [6.07, 6.45) is 1.02. The molecule has 1 aromatic carbocycles. The van der Waals surface area contributed by atoms with E-state index < -0.39 is 0 Å². The van der Waals surface area contributed by atoms with Crippen molar-refractivity contribution in [3.05, 3.63) is 47.1 Å². The molecule has 1 unspecified atom stereocenters. The number of fused-ring (bicyclic) bond motifs is 1. The maximum Gasteiger partial charge on any atom is 0.239 e. The highest BCUT2D eigenvalue weighted by atomic mass is 16.5. The summed E-state index contributed by atoms with van der Waals surface area (Å²) < 4.78 is 5.03. The highest BCUT2D eigenvalue weighted by Crippen LogP contribution is 2.21. The van der Waals surface area contributed by atoms with Crippen LogP contribution in [0, 0.1) is 6.92 Å². The highest BCUT2D eigenvalue weighted by Gasteiger charge is 2.30. The van der Waals surface area contributed by atoms with E-state index in [-0.39, 0.29) is 11.9 Å². The fraction of sp³-hybridized carbons (Fsp3) is 0.550. The zero-order valence-electron chi connectivity index (χ0n) is 16.1. The molecule has 0 saturated carbocycles. The number of piperazine rings is 1. The van der Waals surface area contributed by atoms with Crippen molar-refractivity contribution in [2.75, 3.05) is 32.7 Å². The third kappa shape index (κ3) is 4.04. The molecule has 1 amide bonds. The lowest BCUT2D eigenvalue weighted by atomic mass is 9.98. The number of hydrogen-bond donors (Lipinski definition) is 0. The third-order valence-corrected chi connectivity index (χ3v) is 5.68. The summed E-state index contributed by atoms with van der Waals surface area (Å²) in [5.74, 6) is 1.55. The molecule has 2 aromatic rings. The van der Waals surface area contributed by atoms with Gasteiger partial charge in [0.15, 0.2) is 5.82 Å². The minimum Gasteiger partial charge on any atom is -0.340 e. The molecule has 27 heavy (non-hydrogen) atoms. The number of carbonyl (C=O) groups is 1. The Hall–Kier alpha value is -2.25. The normalized spacial score (nSPS) is 19.7. The molecule has 7 nitrogen and oxygen atoms in total. The molecular weight excluding hydrogens is 342 g/mol. The Bertz CT molecular complexity index is 797. The lowest BCUT2D eigenvalue weighted by Gasteiger charge is -2.39. The average Bonchev–Trinajstić information content (AvgIpc) is 3.11. The van der Waals surface area contributed by atoms with E-state index >= 15 is 0 Å². The highest BCUT2D eigenvalue weighted by molar-refractivity contribution is 5.81. The van der Waals surface area contributed by atoms with Crippen molar-refractivity contribution in [3.8, 4) is 0 Å². The van der Waals surface area contributed by atoms with E-state index in [4.69, 9.17) is 4.52 Å². The zero-order chi connectivity index (χ0) is 18.8.